The van der Waals surface area contributed by atoms with E-state index < -0.39 is 10.0 Å². The minimum atomic E-state index is -3.38. The molecule has 2 N–H and O–H groups in total. The second-order valence-electron chi connectivity index (χ2n) is 6.57. The molecule has 2 aliphatic rings. The van der Waals surface area contributed by atoms with E-state index >= 15 is 0 Å². The molecule has 4 nitrogen and oxygen atoms in total. The number of sulfonamides is 1. The molecule has 116 valence electrons. The molecule has 5 heteroatoms. The van der Waals surface area contributed by atoms with Crippen LogP contribution in [0.3, 0.4) is 0 Å². The van der Waals surface area contributed by atoms with Gasteiger partial charge in [-0.2, -0.15) is 0 Å². The molecule has 2 fully saturated rings. The molecule has 3 unspecified atom stereocenters. The molecule has 3 atom stereocenters. The smallest absolute Gasteiger partial charge is 0.242 e. The maximum absolute atomic E-state index is 12.6. The predicted molar refractivity (Wildman–Crippen MR) is 83.1 cm³/mol. The van der Waals surface area contributed by atoms with Crippen LogP contribution in [0.25, 0.3) is 0 Å². The van der Waals surface area contributed by atoms with Crippen LogP contribution in [0.4, 0.5) is 0 Å². The highest BCUT2D eigenvalue weighted by Gasteiger charge is 2.40. The first-order chi connectivity index (χ1) is 10.0. The van der Waals surface area contributed by atoms with Crippen molar-refractivity contribution in [3.8, 4) is 0 Å². The Hall–Kier alpha value is -0.910. The molecule has 2 saturated carbocycles. The second-order valence-corrected chi connectivity index (χ2v) is 8.61. The SMILES string of the molecule is CN(CC1CC2CCC1C2)S(=O)(=O)c1ccc(CN)cc1. The highest BCUT2D eigenvalue weighted by atomic mass is 32.2. The molecule has 21 heavy (non-hydrogen) atoms. The Balaban J connectivity index is 1.71. The van der Waals surface area contributed by atoms with E-state index in [4.69, 9.17) is 5.73 Å². The number of benzene rings is 1. The number of hydrogen-bond donors (Lipinski definition) is 1. The van der Waals surface area contributed by atoms with Crippen LogP contribution in [-0.2, 0) is 16.6 Å². The Morgan fingerprint density at radius 2 is 1.90 bits per heavy atom. The maximum Gasteiger partial charge on any atom is 0.242 e. The van der Waals surface area contributed by atoms with Gasteiger partial charge < -0.3 is 5.73 Å². The number of nitrogens with two attached hydrogens (primary N) is 1. The minimum absolute atomic E-state index is 0.366. The minimum Gasteiger partial charge on any atom is -0.326 e. The average molecular weight is 308 g/mol. The topological polar surface area (TPSA) is 63.4 Å². The fraction of sp³-hybridized carbons (Fsp3) is 0.625. The van der Waals surface area contributed by atoms with E-state index in [9.17, 15) is 8.42 Å². The van der Waals surface area contributed by atoms with Crippen molar-refractivity contribution in [1.29, 1.82) is 0 Å². The third-order valence-corrected chi connectivity index (χ3v) is 7.08. The van der Waals surface area contributed by atoms with Gasteiger partial charge in [0.1, 0.15) is 0 Å². The summed E-state index contributed by atoms with van der Waals surface area (Å²) in [5, 5.41) is 0. The number of fused-ring (bicyclic) bond motifs is 2. The zero-order valence-electron chi connectivity index (χ0n) is 12.5. The summed E-state index contributed by atoms with van der Waals surface area (Å²) < 4.78 is 26.8. The van der Waals surface area contributed by atoms with Crippen LogP contribution in [0, 0.1) is 17.8 Å². The molecule has 3 rings (SSSR count). The van der Waals surface area contributed by atoms with Gasteiger partial charge in [0.05, 0.1) is 4.90 Å². The van der Waals surface area contributed by atoms with E-state index in [1.807, 2.05) is 0 Å². The molecule has 0 heterocycles. The first kappa shape index (κ1) is 15.0. The fourth-order valence-electron chi connectivity index (χ4n) is 4.01. The second kappa shape index (κ2) is 5.71. The standard InChI is InChI=1S/C16H24N2O2S/c1-18(11-15-9-13-2-5-14(15)8-13)21(19,20)16-6-3-12(10-17)4-7-16/h3-4,6-7,13-15H,2,5,8-11,17H2,1H3. The normalized spacial score (nSPS) is 28.4. The van der Waals surface area contributed by atoms with Crippen molar-refractivity contribution in [2.45, 2.75) is 37.1 Å². The van der Waals surface area contributed by atoms with Crippen molar-refractivity contribution in [2.24, 2.45) is 23.5 Å². The van der Waals surface area contributed by atoms with Crippen LogP contribution in [0.1, 0.15) is 31.2 Å². The van der Waals surface area contributed by atoms with Crippen molar-refractivity contribution in [3.05, 3.63) is 29.8 Å². The Morgan fingerprint density at radius 1 is 1.19 bits per heavy atom. The first-order valence-corrected chi connectivity index (χ1v) is 9.20. The van der Waals surface area contributed by atoms with Crippen molar-refractivity contribution in [3.63, 3.8) is 0 Å². The van der Waals surface area contributed by atoms with Crippen molar-refractivity contribution in [1.82, 2.24) is 4.31 Å². The van der Waals surface area contributed by atoms with E-state index in [-0.39, 0.29) is 0 Å². The average Bonchev–Trinajstić information content (AvgIpc) is 3.09. The quantitative estimate of drug-likeness (QED) is 0.907. The molecule has 2 bridgehead atoms. The van der Waals surface area contributed by atoms with Gasteiger partial charge >= 0.3 is 0 Å². The molecule has 2 aliphatic carbocycles. The van der Waals surface area contributed by atoms with E-state index in [2.05, 4.69) is 0 Å². The van der Waals surface area contributed by atoms with E-state index in [1.165, 1.54) is 30.0 Å². The Morgan fingerprint density at radius 3 is 2.43 bits per heavy atom. The number of rotatable bonds is 5. The summed E-state index contributed by atoms with van der Waals surface area (Å²) in [5.41, 5.74) is 6.50. The van der Waals surface area contributed by atoms with E-state index in [0.717, 1.165) is 17.4 Å². The van der Waals surface area contributed by atoms with Gasteiger partial charge in [-0.25, -0.2) is 12.7 Å². The van der Waals surface area contributed by atoms with Crippen LogP contribution in [0.5, 0.6) is 0 Å². The van der Waals surface area contributed by atoms with Gasteiger partial charge in [-0.05, 0) is 54.7 Å². The summed E-state index contributed by atoms with van der Waals surface area (Å²) in [5.74, 6) is 2.14. The monoisotopic (exact) mass is 308 g/mol. The predicted octanol–water partition coefficient (Wildman–Crippen LogP) is 2.20. The summed E-state index contributed by atoms with van der Waals surface area (Å²) >= 11 is 0. The van der Waals surface area contributed by atoms with E-state index in [0.29, 0.717) is 23.9 Å². The third-order valence-electron chi connectivity index (χ3n) is 5.24. The summed E-state index contributed by atoms with van der Waals surface area (Å²) in [4.78, 5) is 0.366. The van der Waals surface area contributed by atoms with Crippen LogP contribution in [0.2, 0.25) is 0 Å². The van der Waals surface area contributed by atoms with Crippen LogP contribution in [-0.4, -0.2) is 26.3 Å². The Bertz CT molecular complexity index is 597. The fourth-order valence-corrected chi connectivity index (χ4v) is 5.23. The molecule has 1 aromatic carbocycles. The third kappa shape index (κ3) is 2.87. The zero-order valence-corrected chi connectivity index (χ0v) is 13.3. The Kier molecular flexibility index (Phi) is 4.08. The van der Waals surface area contributed by atoms with Gasteiger partial charge in [0, 0.05) is 20.1 Å². The molecule has 0 radical (unpaired) electrons. The number of hydrogen-bond acceptors (Lipinski definition) is 3. The number of nitrogens with zero attached hydrogens (tertiary/aromatic N) is 1. The molecule has 0 aromatic heterocycles. The zero-order chi connectivity index (χ0) is 15.0. The summed E-state index contributed by atoms with van der Waals surface area (Å²) in [6, 6.07) is 6.90. The van der Waals surface area contributed by atoms with Crippen molar-refractivity contribution < 1.29 is 8.42 Å². The lowest BCUT2D eigenvalue weighted by molar-refractivity contribution is 0.280. The largest absolute Gasteiger partial charge is 0.326 e. The van der Waals surface area contributed by atoms with Gasteiger partial charge in [-0.1, -0.05) is 18.6 Å². The molecule has 0 aliphatic heterocycles. The molecule has 0 saturated heterocycles. The van der Waals surface area contributed by atoms with Crippen LogP contribution >= 0.6 is 0 Å². The molecular formula is C16H24N2O2S. The molecule has 0 spiro atoms. The highest BCUT2D eigenvalue weighted by Crippen LogP contribution is 2.48. The maximum atomic E-state index is 12.6. The van der Waals surface area contributed by atoms with Crippen molar-refractivity contribution in [2.75, 3.05) is 13.6 Å². The van der Waals surface area contributed by atoms with E-state index in [1.54, 1.807) is 31.3 Å². The molecule has 1 aromatic rings. The lowest BCUT2D eigenvalue weighted by atomic mass is 9.89. The van der Waals surface area contributed by atoms with Gasteiger partial charge in [-0.15, -0.1) is 0 Å². The van der Waals surface area contributed by atoms with Crippen LogP contribution in [0.15, 0.2) is 29.2 Å². The summed E-state index contributed by atoms with van der Waals surface area (Å²) in [6.45, 7) is 1.09. The molecular weight excluding hydrogens is 284 g/mol. The Labute approximate surface area is 127 Å². The lowest BCUT2D eigenvalue weighted by Crippen LogP contribution is -2.33. The van der Waals surface area contributed by atoms with Crippen LogP contribution < -0.4 is 5.73 Å². The van der Waals surface area contributed by atoms with Gasteiger partial charge in [0.15, 0.2) is 0 Å². The van der Waals surface area contributed by atoms with Gasteiger partial charge in [0.25, 0.3) is 0 Å². The lowest BCUT2D eigenvalue weighted by Gasteiger charge is -2.26. The van der Waals surface area contributed by atoms with Gasteiger partial charge in [-0.3, -0.25) is 0 Å². The van der Waals surface area contributed by atoms with Crippen molar-refractivity contribution >= 4 is 10.0 Å². The summed E-state index contributed by atoms with van der Waals surface area (Å²) in [7, 11) is -1.67. The van der Waals surface area contributed by atoms with Gasteiger partial charge in [0.2, 0.25) is 10.0 Å². The summed E-state index contributed by atoms with van der Waals surface area (Å²) in [6.07, 6.45) is 5.15. The first-order valence-electron chi connectivity index (χ1n) is 7.76. The highest BCUT2D eigenvalue weighted by molar-refractivity contribution is 7.89. The molecule has 0 amide bonds.